The predicted octanol–water partition coefficient (Wildman–Crippen LogP) is 9.83. The number of nitriles is 1. The number of anilines is 1. The highest BCUT2D eigenvalue weighted by molar-refractivity contribution is 7.44. The Hall–Kier alpha value is -6.26. The molecule has 2 aromatic heterocycles. The highest BCUT2D eigenvalue weighted by Gasteiger charge is 2.45. The number of nitrogens with one attached hydrogen (secondary N) is 2. The number of H-pyrrole nitrogens is 1. The topological polar surface area (TPSA) is 193 Å². The Balaban J connectivity index is 1.20. The molecule has 392 valence electrons. The summed E-state index contributed by atoms with van der Waals surface area (Å²) in [6.45, 7) is 15.8. The van der Waals surface area contributed by atoms with Gasteiger partial charge in [-0.2, -0.15) is 5.26 Å². The van der Waals surface area contributed by atoms with Gasteiger partial charge in [0.25, 0.3) is 14.1 Å². The van der Waals surface area contributed by atoms with Crippen LogP contribution in [0.15, 0.2) is 125 Å². The van der Waals surface area contributed by atoms with Crippen molar-refractivity contribution in [1.29, 1.82) is 5.26 Å². The Morgan fingerprint density at radius 1 is 0.946 bits per heavy atom. The highest BCUT2D eigenvalue weighted by atomic mass is 31.2. The first-order chi connectivity index (χ1) is 35.5. The lowest BCUT2D eigenvalue weighted by molar-refractivity contribution is -0.111. The molecule has 7 rings (SSSR count). The average Bonchev–Trinajstić information content (AvgIpc) is 3.99. The van der Waals surface area contributed by atoms with Crippen molar-refractivity contribution < 1.29 is 37.5 Å². The van der Waals surface area contributed by atoms with E-state index in [0.29, 0.717) is 41.2 Å². The fourth-order valence-electron chi connectivity index (χ4n) is 8.79. The van der Waals surface area contributed by atoms with E-state index < -0.39 is 57.8 Å². The Bertz CT molecular complexity index is 2930. The highest BCUT2D eigenvalue weighted by Crippen LogP contribution is 2.51. The van der Waals surface area contributed by atoms with Crippen LogP contribution < -0.4 is 26.0 Å². The van der Waals surface area contributed by atoms with E-state index in [1.807, 2.05) is 89.5 Å². The molecule has 0 bridgehead atoms. The smallest absolute Gasteiger partial charge is 0.330 e. The van der Waals surface area contributed by atoms with Crippen LogP contribution in [0.3, 0.4) is 0 Å². The van der Waals surface area contributed by atoms with Gasteiger partial charge in [-0.1, -0.05) is 74.2 Å². The third-order valence-electron chi connectivity index (χ3n) is 12.5. The maximum Gasteiger partial charge on any atom is 0.330 e. The van der Waals surface area contributed by atoms with Crippen molar-refractivity contribution in [3.05, 3.63) is 159 Å². The number of imidazole rings is 1. The first-order valence-electron chi connectivity index (χ1n) is 24.8. The third-order valence-corrected chi connectivity index (χ3v) is 16.4. The average molecular weight is 1050 g/mol. The minimum absolute atomic E-state index is 0.0278. The van der Waals surface area contributed by atoms with E-state index in [4.69, 9.17) is 37.7 Å². The number of benzene rings is 4. The molecule has 17 nitrogen and oxygen atoms in total. The van der Waals surface area contributed by atoms with Crippen molar-refractivity contribution in [3.63, 3.8) is 0 Å². The number of ether oxygens (including phenoxy) is 5. The molecule has 0 aliphatic carbocycles. The molecule has 0 radical (unpaired) electrons. The van der Waals surface area contributed by atoms with Crippen LogP contribution in [-0.4, -0.2) is 96.1 Å². The fraction of sp³-hybridized carbons (Fsp3) is 0.400. The van der Waals surface area contributed by atoms with Crippen molar-refractivity contribution in [3.8, 4) is 17.6 Å². The second kappa shape index (κ2) is 25.3. The largest absolute Gasteiger partial charge is 0.497 e. The van der Waals surface area contributed by atoms with E-state index >= 15 is 0 Å². The molecule has 74 heavy (non-hydrogen) atoms. The van der Waals surface area contributed by atoms with E-state index in [0.717, 1.165) is 22.7 Å². The molecular formula is C55H68N7O10PSi. The van der Waals surface area contributed by atoms with Gasteiger partial charge in [-0.3, -0.25) is 19.1 Å². The van der Waals surface area contributed by atoms with Crippen molar-refractivity contribution in [1.82, 2.24) is 23.8 Å². The van der Waals surface area contributed by atoms with Gasteiger partial charge < -0.3 is 42.6 Å². The maximum absolute atomic E-state index is 13.4. The van der Waals surface area contributed by atoms with Gasteiger partial charge >= 0.3 is 5.69 Å². The van der Waals surface area contributed by atoms with Gasteiger partial charge in [-0.25, -0.2) is 14.4 Å². The quantitative estimate of drug-likeness (QED) is 0.0181. The second-order valence-corrected chi connectivity index (χ2v) is 26.7. The summed E-state index contributed by atoms with van der Waals surface area (Å²) in [7, 11) is 0.228. The number of rotatable bonds is 25. The molecular weight excluding hydrogens is 978 g/mol. The zero-order chi connectivity index (χ0) is 53.0. The zero-order valence-electron chi connectivity index (χ0n) is 43.6. The fourth-order valence-corrected chi connectivity index (χ4v) is 11.3. The Morgan fingerprint density at radius 3 is 2.20 bits per heavy atom. The molecule has 2 N–H and O–H groups in total. The molecule has 1 aliphatic heterocycles. The van der Waals surface area contributed by atoms with Crippen LogP contribution in [0, 0.1) is 11.3 Å². The first kappa shape index (κ1) is 55.5. The number of fused-ring (bicyclic) bond motifs is 1. The molecule has 1 saturated heterocycles. The molecule has 4 aromatic carbocycles. The van der Waals surface area contributed by atoms with Gasteiger partial charge in [-0.15, -0.1) is 0 Å². The summed E-state index contributed by atoms with van der Waals surface area (Å²) in [4.78, 5) is 45.7. The Morgan fingerprint density at radius 2 is 1.59 bits per heavy atom. The summed E-state index contributed by atoms with van der Waals surface area (Å²) in [5.41, 5.74) is 2.15. The second-order valence-electron chi connectivity index (χ2n) is 19.7. The van der Waals surface area contributed by atoms with Crippen LogP contribution in [0.2, 0.25) is 25.7 Å². The minimum atomic E-state index is -1.70. The van der Waals surface area contributed by atoms with E-state index in [1.54, 1.807) is 32.7 Å². The van der Waals surface area contributed by atoms with Crippen LogP contribution in [0.1, 0.15) is 69.0 Å². The summed E-state index contributed by atoms with van der Waals surface area (Å²) in [5, 5.41) is 12.4. The molecule has 1 fully saturated rings. The van der Waals surface area contributed by atoms with Gasteiger partial charge in [0, 0.05) is 51.1 Å². The van der Waals surface area contributed by atoms with Gasteiger partial charge in [0.05, 0.1) is 69.0 Å². The van der Waals surface area contributed by atoms with Gasteiger partial charge in [0.2, 0.25) is 5.91 Å². The number of aromatic amines is 1. The lowest BCUT2D eigenvalue weighted by atomic mass is 9.80. The molecule has 0 saturated carbocycles. The van der Waals surface area contributed by atoms with Crippen LogP contribution in [0.4, 0.5) is 5.69 Å². The van der Waals surface area contributed by atoms with E-state index in [-0.39, 0.29) is 44.0 Å². The lowest BCUT2D eigenvalue weighted by Crippen LogP contribution is -2.39. The maximum atomic E-state index is 13.4. The Labute approximate surface area is 435 Å². The number of hydrogen-bond acceptors (Lipinski definition) is 13. The number of methoxy groups -OCH3 is 2. The number of nitrogens with zero attached hydrogens (tertiary/aromatic N) is 5. The zero-order valence-corrected chi connectivity index (χ0v) is 45.5. The van der Waals surface area contributed by atoms with Crippen LogP contribution in [-0.2, 0) is 40.4 Å². The number of aromatic nitrogens is 4. The molecule has 1 amide bonds. The van der Waals surface area contributed by atoms with E-state index in [2.05, 4.69) is 68.4 Å². The summed E-state index contributed by atoms with van der Waals surface area (Å²) in [6.07, 6.45) is 4.40. The standard InChI is InChI=1S/C55H68N7O10PSi/c1-38(2)62(39(3)4)73(70-29-13-28-56)72-49-33-52(71-50(49)35-69-55(41-14-11-10-12-15-41,42-17-22-45(66-5)23-18-42)43-19-24-46(67-6)25-20-43)61-36-57-47-26-21-44(32-48(47)61)58-51(63)27-16-40-34-60(54(65)59-53(40)64)37-68-30-31-74(7,8)9/h10-12,14-27,32,34,36,38-39,49-50,52H,13,29-31,33,35,37H2,1-9H3,(H,58,63)(H,59,64,65)/b27-16+/t49-,50+,52+,73?/m0/s1. The number of amides is 1. The summed E-state index contributed by atoms with van der Waals surface area (Å²) in [5.74, 6) is 0.897. The van der Waals surface area contributed by atoms with Gasteiger partial charge in [0.15, 0.2) is 0 Å². The number of carbonyl (C=O) groups is 1. The van der Waals surface area contributed by atoms with Crippen molar-refractivity contribution in [2.24, 2.45) is 0 Å². The molecule has 1 aliphatic rings. The van der Waals surface area contributed by atoms with Crippen molar-refractivity contribution >= 4 is 45.3 Å². The Kier molecular flexibility index (Phi) is 19.0. The van der Waals surface area contributed by atoms with Crippen LogP contribution >= 0.6 is 8.53 Å². The third kappa shape index (κ3) is 13.7. The number of hydrogen-bond donors (Lipinski definition) is 2. The van der Waals surface area contributed by atoms with Crippen LogP contribution in [0.25, 0.3) is 17.1 Å². The minimum Gasteiger partial charge on any atom is -0.497 e. The molecule has 6 aromatic rings. The molecule has 3 heterocycles. The SMILES string of the molecule is COc1ccc(C(OC[C@H]2O[C@@H](n3cnc4ccc(NC(=O)/C=C/c5cn(COCC[Si](C)(C)C)c(=O)[nH]c5=O)cc43)C[C@@H]2OP(OCCC#N)N(C(C)C)C(C)C)(c2ccccc2)c2ccc(OC)cc2)cc1. The van der Waals surface area contributed by atoms with Gasteiger partial charge in [-0.05, 0) is 99.0 Å². The number of carbonyl (C=O) groups excluding carboxylic acids is 1. The van der Waals surface area contributed by atoms with Crippen LogP contribution in [0.5, 0.6) is 11.5 Å². The first-order valence-corrected chi connectivity index (χ1v) is 29.6. The monoisotopic (exact) mass is 1050 g/mol. The normalized spacial score (nSPS) is 16.6. The van der Waals surface area contributed by atoms with E-state index in [1.165, 1.54) is 22.9 Å². The summed E-state index contributed by atoms with van der Waals surface area (Å²) >= 11 is 0. The molecule has 1 unspecified atom stereocenters. The van der Waals surface area contributed by atoms with E-state index in [9.17, 15) is 19.6 Å². The summed E-state index contributed by atoms with van der Waals surface area (Å²) < 4.78 is 50.3. The summed E-state index contributed by atoms with van der Waals surface area (Å²) in [6, 6.07) is 34.3. The van der Waals surface area contributed by atoms with Gasteiger partial charge in [0.1, 0.15) is 36.2 Å². The molecule has 4 atom stereocenters. The lowest BCUT2D eigenvalue weighted by Gasteiger charge is -2.39. The molecule has 0 spiro atoms. The molecule has 19 heteroatoms. The van der Waals surface area contributed by atoms with Crippen molar-refractivity contribution in [2.45, 2.75) is 109 Å². The van der Waals surface area contributed by atoms with Crippen molar-refractivity contribution in [2.75, 3.05) is 39.4 Å². The predicted molar refractivity (Wildman–Crippen MR) is 290 cm³/mol.